The summed E-state index contributed by atoms with van der Waals surface area (Å²) in [5, 5.41) is 13.0. The highest BCUT2D eigenvalue weighted by molar-refractivity contribution is 6.33. The van der Waals surface area contributed by atoms with Crippen LogP contribution in [0.15, 0.2) is 48.5 Å². The van der Waals surface area contributed by atoms with Crippen LogP contribution in [0.4, 0.5) is 5.69 Å². The third-order valence-corrected chi connectivity index (χ3v) is 3.06. The molecule has 1 atom stereocenters. The SMILES string of the molecule is COc1cccc(C(C#N)Nc2ccccc2Cl)c1. The molecule has 3 nitrogen and oxygen atoms in total. The maximum atomic E-state index is 9.30. The molecular weight excluding hydrogens is 260 g/mol. The second-order valence-corrected chi connectivity index (χ2v) is 4.37. The molecule has 0 radical (unpaired) electrons. The number of benzene rings is 2. The molecular formula is C15H13ClN2O. The van der Waals surface area contributed by atoms with E-state index in [0.717, 1.165) is 17.0 Å². The molecule has 0 spiro atoms. The van der Waals surface area contributed by atoms with Crippen LogP contribution in [0.3, 0.4) is 0 Å². The molecule has 0 aromatic heterocycles. The summed E-state index contributed by atoms with van der Waals surface area (Å²) in [4.78, 5) is 0. The predicted molar refractivity (Wildman–Crippen MR) is 76.4 cm³/mol. The third-order valence-electron chi connectivity index (χ3n) is 2.73. The van der Waals surface area contributed by atoms with Crippen LogP contribution in [0.25, 0.3) is 0 Å². The minimum atomic E-state index is -0.477. The molecule has 0 heterocycles. The van der Waals surface area contributed by atoms with Crippen molar-refractivity contribution >= 4 is 17.3 Å². The quantitative estimate of drug-likeness (QED) is 0.914. The van der Waals surface area contributed by atoms with E-state index in [-0.39, 0.29) is 0 Å². The Balaban J connectivity index is 2.26. The van der Waals surface area contributed by atoms with E-state index in [1.807, 2.05) is 42.5 Å². The van der Waals surface area contributed by atoms with Gasteiger partial charge in [-0.2, -0.15) is 5.26 Å². The summed E-state index contributed by atoms with van der Waals surface area (Å²) in [6, 6.07) is 16.5. The Kier molecular flexibility index (Phi) is 4.27. The summed E-state index contributed by atoms with van der Waals surface area (Å²) < 4.78 is 5.16. The van der Waals surface area contributed by atoms with Crippen molar-refractivity contribution in [2.45, 2.75) is 6.04 Å². The fourth-order valence-electron chi connectivity index (χ4n) is 1.74. The molecule has 2 aromatic carbocycles. The number of halogens is 1. The minimum absolute atomic E-state index is 0.477. The largest absolute Gasteiger partial charge is 0.497 e. The predicted octanol–water partition coefficient (Wildman–Crippen LogP) is 4.03. The number of nitriles is 1. The van der Waals surface area contributed by atoms with Gasteiger partial charge in [0.05, 0.1) is 23.9 Å². The van der Waals surface area contributed by atoms with Crippen LogP contribution in [0.2, 0.25) is 5.02 Å². The number of hydrogen-bond acceptors (Lipinski definition) is 3. The lowest BCUT2D eigenvalue weighted by Crippen LogP contribution is -2.08. The van der Waals surface area contributed by atoms with Crippen LogP contribution in [0.1, 0.15) is 11.6 Å². The van der Waals surface area contributed by atoms with Crippen LogP contribution in [-0.4, -0.2) is 7.11 Å². The number of nitrogens with zero attached hydrogens (tertiary/aromatic N) is 1. The standard InChI is InChI=1S/C15H13ClN2O/c1-19-12-6-4-5-11(9-12)15(10-17)18-14-8-3-2-7-13(14)16/h2-9,15,18H,1H3. The smallest absolute Gasteiger partial charge is 0.140 e. The maximum Gasteiger partial charge on any atom is 0.140 e. The van der Waals surface area contributed by atoms with Gasteiger partial charge in [-0.15, -0.1) is 0 Å². The monoisotopic (exact) mass is 272 g/mol. The van der Waals surface area contributed by atoms with Gasteiger partial charge < -0.3 is 10.1 Å². The number of methoxy groups -OCH3 is 1. The molecule has 0 aliphatic heterocycles. The lowest BCUT2D eigenvalue weighted by molar-refractivity contribution is 0.414. The van der Waals surface area contributed by atoms with Crippen molar-refractivity contribution in [2.24, 2.45) is 0 Å². The molecule has 0 aliphatic rings. The van der Waals surface area contributed by atoms with Crippen molar-refractivity contribution in [1.82, 2.24) is 0 Å². The van der Waals surface area contributed by atoms with Crippen LogP contribution in [-0.2, 0) is 0 Å². The molecule has 0 fully saturated rings. The van der Waals surface area contributed by atoms with Gasteiger partial charge in [0.25, 0.3) is 0 Å². The molecule has 19 heavy (non-hydrogen) atoms. The van der Waals surface area contributed by atoms with E-state index in [2.05, 4.69) is 11.4 Å². The number of hydrogen-bond donors (Lipinski definition) is 1. The second-order valence-electron chi connectivity index (χ2n) is 3.96. The number of ether oxygens (including phenoxy) is 1. The summed E-state index contributed by atoms with van der Waals surface area (Å²) in [6.45, 7) is 0. The molecule has 0 saturated heterocycles. The highest BCUT2D eigenvalue weighted by Crippen LogP contribution is 2.27. The molecule has 1 N–H and O–H groups in total. The maximum absolute atomic E-state index is 9.30. The van der Waals surface area contributed by atoms with Gasteiger partial charge in [-0.05, 0) is 29.8 Å². The summed E-state index contributed by atoms with van der Waals surface area (Å²) in [7, 11) is 1.60. The lowest BCUT2D eigenvalue weighted by atomic mass is 10.1. The Bertz CT molecular complexity index is 607. The van der Waals surface area contributed by atoms with Gasteiger partial charge >= 0.3 is 0 Å². The van der Waals surface area contributed by atoms with E-state index < -0.39 is 6.04 Å². The van der Waals surface area contributed by atoms with Gasteiger partial charge in [-0.1, -0.05) is 35.9 Å². The normalized spacial score (nSPS) is 11.4. The molecule has 2 aromatic rings. The average Bonchev–Trinajstić information content (AvgIpc) is 2.46. The van der Waals surface area contributed by atoms with Gasteiger partial charge in [0.2, 0.25) is 0 Å². The van der Waals surface area contributed by atoms with E-state index >= 15 is 0 Å². The molecule has 0 aliphatic carbocycles. The fraction of sp³-hybridized carbons (Fsp3) is 0.133. The van der Waals surface area contributed by atoms with E-state index in [1.54, 1.807) is 13.2 Å². The first-order valence-electron chi connectivity index (χ1n) is 5.79. The van der Waals surface area contributed by atoms with Crippen LogP contribution in [0.5, 0.6) is 5.75 Å². The van der Waals surface area contributed by atoms with Gasteiger partial charge in [-0.3, -0.25) is 0 Å². The molecule has 1 unspecified atom stereocenters. The first kappa shape index (κ1) is 13.3. The summed E-state index contributed by atoms with van der Waals surface area (Å²) in [5.41, 5.74) is 1.57. The number of anilines is 1. The highest BCUT2D eigenvalue weighted by Gasteiger charge is 2.12. The molecule has 96 valence electrons. The number of rotatable bonds is 4. The van der Waals surface area contributed by atoms with E-state index in [1.165, 1.54) is 0 Å². The Labute approximate surface area is 117 Å². The summed E-state index contributed by atoms with van der Waals surface area (Å²) in [5.74, 6) is 0.721. The van der Waals surface area contributed by atoms with Gasteiger partial charge in [0.15, 0.2) is 0 Å². The third kappa shape index (κ3) is 3.18. The topological polar surface area (TPSA) is 45.0 Å². The van der Waals surface area contributed by atoms with E-state index in [4.69, 9.17) is 16.3 Å². The fourth-order valence-corrected chi connectivity index (χ4v) is 1.94. The van der Waals surface area contributed by atoms with Crippen molar-refractivity contribution in [3.8, 4) is 11.8 Å². The second kappa shape index (κ2) is 6.12. The Morgan fingerprint density at radius 3 is 2.68 bits per heavy atom. The first-order valence-corrected chi connectivity index (χ1v) is 6.17. The van der Waals surface area contributed by atoms with Crippen molar-refractivity contribution in [3.63, 3.8) is 0 Å². The van der Waals surface area contributed by atoms with E-state index in [0.29, 0.717) is 5.02 Å². The summed E-state index contributed by atoms with van der Waals surface area (Å²) in [6.07, 6.45) is 0. The van der Waals surface area contributed by atoms with E-state index in [9.17, 15) is 5.26 Å². The zero-order valence-corrected chi connectivity index (χ0v) is 11.2. The Morgan fingerprint density at radius 1 is 1.21 bits per heavy atom. The molecule has 0 saturated carbocycles. The molecule has 0 amide bonds. The minimum Gasteiger partial charge on any atom is -0.497 e. The molecule has 2 rings (SSSR count). The van der Waals surface area contributed by atoms with Gasteiger partial charge in [-0.25, -0.2) is 0 Å². The van der Waals surface area contributed by atoms with Crippen LogP contribution >= 0.6 is 11.6 Å². The van der Waals surface area contributed by atoms with Crippen molar-refractivity contribution < 1.29 is 4.74 Å². The van der Waals surface area contributed by atoms with Crippen molar-refractivity contribution in [3.05, 3.63) is 59.1 Å². The van der Waals surface area contributed by atoms with Gasteiger partial charge in [0, 0.05) is 0 Å². The van der Waals surface area contributed by atoms with Crippen LogP contribution in [0, 0.1) is 11.3 Å². The zero-order chi connectivity index (χ0) is 13.7. The molecule has 0 bridgehead atoms. The van der Waals surface area contributed by atoms with Gasteiger partial charge in [0.1, 0.15) is 11.8 Å². The highest BCUT2D eigenvalue weighted by atomic mass is 35.5. The Morgan fingerprint density at radius 2 is 2.00 bits per heavy atom. The number of nitrogens with one attached hydrogen (secondary N) is 1. The van der Waals surface area contributed by atoms with Crippen molar-refractivity contribution in [1.29, 1.82) is 5.26 Å². The number of para-hydroxylation sites is 1. The van der Waals surface area contributed by atoms with Crippen molar-refractivity contribution in [2.75, 3.05) is 12.4 Å². The first-order chi connectivity index (χ1) is 9.24. The summed E-state index contributed by atoms with van der Waals surface area (Å²) >= 11 is 6.07. The average molecular weight is 273 g/mol. The zero-order valence-electron chi connectivity index (χ0n) is 10.4. The van der Waals surface area contributed by atoms with Crippen LogP contribution < -0.4 is 10.1 Å². The Hall–Kier alpha value is -2.18. The lowest BCUT2D eigenvalue weighted by Gasteiger charge is -2.15. The molecule has 4 heteroatoms.